The first kappa shape index (κ1) is 16.9. The second-order valence-corrected chi connectivity index (χ2v) is 7.18. The number of amides is 1. The van der Waals surface area contributed by atoms with Crippen LogP contribution in [-0.2, 0) is 19.4 Å². The molecule has 0 heterocycles. The molecule has 0 atom stereocenters. The summed E-state index contributed by atoms with van der Waals surface area (Å²) >= 11 is 0. The van der Waals surface area contributed by atoms with E-state index in [2.05, 4.69) is 0 Å². The smallest absolute Gasteiger partial charge is 0.291 e. The zero-order valence-electron chi connectivity index (χ0n) is 12.7. The molecular formula is C17H17NO4S. The molecule has 0 spiro atoms. The maximum Gasteiger partial charge on any atom is 0.291 e. The van der Waals surface area contributed by atoms with Gasteiger partial charge in [-0.05, 0) is 31.2 Å². The van der Waals surface area contributed by atoms with Gasteiger partial charge in [-0.2, -0.15) is 0 Å². The van der Waals surface area contributed by atoms with Gasteiger partial charge >= 0.3 is 0 Å². The molecule has 0 unspecified atom stereocenters. The first-order chi connectivity index (χ1) is 10.9. The highest BCUT2D eigenvalue weighted by atomic mass is 32.2. The first-order valence-corrected chi connectivity index (χ1v) is 8.70. The van der Waals surface area contributed by atoms with E-state index in [1.807, 2.05) is 6.92 Å². The van der Waals surface area contributed by atoms with E-state index in [0.717, 1.165) is 5.56 Å². The van der Waals surface area contributed by atoms with E-state index >= 15 is 0 Å². The number of sulfone groups is 1. The quantitative estimate of drug-likeness (QED) is 0.599. The largest absolute Gasteiger partial charge is 0.305 e. The monoisotopic (exact) mass is 331 g/mol. The molecule has 0 bridgehead atoms. The Morgan fingerprint density at radius 3 is 2.22 bits per heavy atom. The lowest BCUT2D eigenvalue weighted by atomic mass is 10.2. The maximum atomic E-state index is 12.3. The number of aryl methyl sites for hydroxylation is 1. The Bertz CT molecular complexity index is 783. The van der Waals surface area contributed by atoms with Gasteiger partial charge in [0.05, 0.1) is 10.6 Å². The molecule has 23 heavy (non-hydrogen) atoms. The lowest BCUT2D eigenvalue weighted by molar-refractivity contribution is -0.129. The van der Waals surface area contributed by atoms with E-state index in [9.17, 15) is 18.0 Å². The second-order valence-electron chi connectivity index (χ2n) is 5.08. The fourth-order valence-electron chi connectivity index (χ4n) is 2.11. The van der Waals surface area contributed by atoms with Gasteiger partial charge in [0, 0.05) is 12.2 Å². The summed E-state index contributed by atoms with van der Waals surface area (Å²) in [6.07, 6.45) is 0.189. The van der Waals surface area contributed by atoms with E-state index < -0.39 is 15.7 Å². The normalized spacial score (nSPS) is 11.0. The van der Waals surface area contributed by atoms with Crippen LogP contribution < -0.4 is 4.90 Å². The molecule has 0 aromatic heterocycles. The summed E-state index contributed by atoms with van der Waals surface area (Å²) in [4.78, 5) is 24.0. The van der Waals surface area contributed by atoms with Gasteiger partial charge < -0.3 is 4.90 Å². The van der Waals surface area contributed by atoms with Crippen LogP contribution in [0.1, 0.15) is 5.56 Å². The van der Waals surface area contributed by atoms with Gasteiger partial charge in [-0.15, -0.1) is 0 Å². The molecule has 0 aliphatic rings. The molecule has 0 saturated carbocycles. The highest BCUT2D eigenvalue weighted by Gasteiger charge is 2.20. The van der Waals surface area contributed by atoms with Crippen LogP contribution in [0.5, 0.6) is 0 Å². The van der Waals surface area contributed by atoms with Gasteiger partial charge in [0.2, 0.25) is 6.29 Å². The SMILES string of the molecule is Cc1ccc(N(CCS(=O)(=O)c2ccccc2)C(=O)C=O)cc1. The molecule has 6 heteroatoms. The van der Waals surface area contributed by atoms with Crippen molar-refractivity contribution in [1.82, 2.24) is 0 Å². The minimum atomic E-state index is -3.52. The fraction of sp³-hybridized carbons (Fsp3) is 0.176. The lowest BCUT2D eigenvalue weighted by Crippen LogP contribution is -2.36. The Hall–Kier alpha value is -2.47. The van der Waals surface area contributed by atoms with Crippen molar-refractivity contribution in [1.29, 1.82) is 0 Å². The van der Waals surface area contributed by atoms with E-state index in [-0.39, 0.29) is 23.5 Å². The van der Waals surface area contributed by atoms with Gasteiger partial charge in [0.25, 0.3) is 5.91 Å². The Kier molecular flexibility index (Phi) is 5.28. The molecule has 0 N–H and O–H groups in total. The van der Waals surface area contributed by atoms with E-state index in [1.54, 1.807) is 42.5 Å². The first-order valence-electron chi connectivity index (χ1n) is 7.05. The van der Waals surface area contributed by atoms with Crippen molar-refractivity contribution < 1.29 is 18.0 Å². The average Bonchev–Trinajstić information content (AvgIpc) is 2.57. The highest BCUT2D eigenvalue weighted by Crippen LogP contribution is 2.17. The van der Waals surface area contributed by atoms with Crippen LogP contribution in [0.25, 0.3) is 0 Å². The van der Waals surface area contributed by atoms with Crippen LogP contribution in [0.3, 0.4) is 0 Å². The van der Waals surface area contributed by atoms with Gasteiger partial charge in [-0.25, -0.2) is 8.42 Å². The summed E-state index contributed by atoms with van der Waals surface area (Å²) in [5, 5.41) is 0. The molecule has 2 aromatic rings. The zero-order chi connectivity index (χ0) is 16.9. The number of anilines is 1. The number of hydrogen-bond acceptors (Lipinski definition) is 4. The Morgan fingerprint density at radius 1 is 1.04 bits per heavy atom. The number of carbonyl (C=O) groups excluding carboxylic acids is 2. The standard InChI is InChI=1S/C17H17NO4S/c1-14-7-9-15(10-8-14)18(17(20)13-19)11-12-23(21,22)16-5-3-2-4-6-16/h2-10,13H,11-12H2,1H3. The number of carbonyl (C=O) groups is 2. The Balaban J connectivity index is 2.21. The van der Waals surface area contributed by atoms with Crippen molar-refractivity contribution in [2.75, 3.05) is 17.2 Å². The summed E-state index contributed by atoms with van der Waals surface area (Å²) in [7, 11) is -3.52. The molecule has 0 aliphatic heterocycles. The minimum absolute atomic E-state index is 0.0855. The zero-order valence-corrected chi connectivity index (χ0v) is 13.5. The van der Waals surface area contributed by atoms with Gasteiger partial charge in [0.1, 0.15) is 0 Å². The summed E-state index contributed by atoms with van der Waals surface area (Å²) in [5.74, 6) is -1.03. The molecule has 1 amide bonds. The van der Waals surface area contributed by atoms with Crippen molar-refractivity contribution in [3.63, 3.8) is 0 Å². The summed E-state index contributed by atoms with van der Waals surface area (Å²) in [6, 6.07) is 15.0. The third-order valence-corrected chi connectivity index (χ3v) is 5.11. The summed E-state index contributed by atoms with van der Waals surface area (Å²) < 4.78 is 24.6. The summed E-state index contributed by atoms with van der Waals surface area (Å²) in [5.41, 5.74) is 1.50. The van der Waals surface area contributed by atoms with Gasteiger partial charge in [0.15, 0.2) is 9.84 Å². The third kappa shape index (κ3) is 4.26. The molecule has 0 aliphatic carbocycles. The predicted octanol–water partition coefficient (Wildman–Crippen LogP) is 2.00. The molecule has 120 valence electrons. The fourth-order valence-corrected chi connectivity index (χ4v) is 3.34. The predicted molar refractivity (Wildman–Crippen MR) is 88.1 cm³/mol. The number of nitrogens with zero attached hydrogens (tertiary/aromatic N) is 1. The van der Waals surface area contributed by atoms with Crippen LogP contribution in [-0.4, -0.2) is 32.9 Å². The van der Waals surface area contributed by atoms with Crippen molar-refractivity contribution in [3.05, 3.63) is 60.2 Å². The number of hydrogen-bond donors (Lipinski definition) is 0. The Morgan fingerprint density at radius 2 is 1.65 bits per heavy atom. The van der Waals surface area contributed by atoms with Crippen molar-refractivity contribution in [2.45, 2.75) is 11.8 Å². The van der Waals surface area contributed by atoms with Crippen LogP contribution in [0, 0.1) is 6.92 Å². The topological polar surface area (TPSA) is 71.5 Å². The second kappa shape index (κ2) is 7.19. The van der Waals surface area contributed by atoms with Crippen LogP contribution >= 0.6 is 0 Å². The van der Waals surface area contributed by atoms with E-state index in [4.69, 9.17) is 0 Å². The molecule has 2 aromatic carbocycles. The van der Waals surface area contributed by atoms with Gasteiger partial charge in [-0.1, -0.05) is 35.9 Å². The molecule has 0 saturated heterocycles. The molecular weight excluding hydrogens is 314 g/mol. The van der Waals surface area contributed by atoms with E-state index in [1.165, 1.54) is 17.0 Å². The minimum Gasteiger partial charge on any atom is -0.305 e. The van der Waals surface area contributed by atoms with Crippen molar-refractivity contribution in [3.8, 4) is 0 Å². The maximum absolute atomic E-state index is 12.3. The summed E-state index contributed by atoms with van der Waals surface area (Å²) in [6.45, 7) is 1.81. The molecule has 0 fully saturated rings. The number of rotatable bonds is 6. The highest BCUT2D eigenvalue weighted by molar-refractivity contribution is 7.91. The third-order valence-electron chi connectivity index (χ3n) is 3.40. The van der Waals surface area contributed by atoms with Crippen LogP contribution in [0.4, 0.5) is 5.69 Å². The van der Waals surface area contributed by atoms with Crippen LogP contribution in [0.2, 0.25) is 0 Å². The van der Waals surface area contributed by atoms with E-state index in [0.29, 0.717) is 5.69 Å². The molecule has 0 radical (unpaired) electrons. The van der Waals surface area contributed by atoms with Crippen molar-refractivity contribution >= 4 is 27.7 Å². The molecule has 5 nitrogen and oxygen atoms in total. The van der Waals surface area contributed by atoms with Crippen LogP contribution in [0.15, 0.2) is 59.5 Å². The number of benzene rings is 2. The average molecular weight is 331 g/mol. The van der Waals surface area contributed by atoms with Crippen molar-refractivity contribution in [2.24, 2.45) is 0 Å². The molecule has 2 rings (SSSR count). The number of aldehydes is 1. The Labute approximate surface area is 135 Å². The van der Waals surface area contributed by atoms with Gasteiger partial charge in [-0.3, -0.25) is 9.59 Å². The lowest BCUT2D eigenvalue weighted by Gasteiger charge is -2.20.